The van der Waals surface area contributed by atoms with Crippen molar-refractivity contribution in [2.24, 2.45) is 5.73 Å². The van der Waals surface area contributed by atoms with E-state index in [-0.39, 0.29) is 18.6 Å². The van der Waals surface area contributed by atoms with Crippen molar-refractivity contribution in [3.8, 4) is 0 Å². The van der Waals surface area contributed by atoms with E-state index in [1.165, 1.54) is 0 Å². The first kappa shape index (κ1) is 13.9. The van der Waals surface area contributed by atoms with Crippen LogP contribution < -0.4 is 5.73 Å². The van der Waals surface area contributed by atoms with Gasteiger partial charge in [0, 0.05) is 17.7 Å². The number of morpholine rings is 1. The van der Waals surface area contributed by atoms with Crippen LogP contribution in [-0.2, 0) is 4.74 Å². The van der Waals surface area contributed by atoms with Crippen LogP contribution in [0.15, 0.2) is 24.3 Å². The van der Waals surface area contributed by atoms with Crippen molar-refractivity contribution in [2.75, 3.05) is 26.4 Å². The Labute approximate surface area is 117 Å². The molecule has 1 unspecified atom stereocenters. The number of hydrogen-bond donors (Lipinski definition) is 2. The second-order valence-electron chi connectivity index (χ2n) is 4.35. The highest BCUT2D eigenvalue weighted by molar-refractivity contribution is 7.80. The summed E-state index contributed by atoms with van der Waals surface area (Å²) in [6.45, 7) is 1.25. The zero-order chi connectivity index (χ0) is 13.8. The second kappa shape index (κ2) is 6.10. The molecule has 1 aliphatic heterocycles. The summed E-state index contributed by atoms with van der Waals surface area (Å²) in [6.07, 6.45) is 0. The van der Waals surface area contributed by atoms with E-state index in [0.717, 1.165) is 5.56 Å². The maximum absolute atomic E-state index is 12.3. The maximum atomic E-state index is 12.3. The third-order valence-corrected chi connectivity index (χ3v) is 3.35. The molecule has 19 heavy (non-hydrogen) atoms. The number of amides is 1. The van der Waals surface area contributed by atoms with Crippen LogP contribution in [0.4, 0.5) is 0 Å². The molecule has 5 nitrogen and oxygen atoms in total. The lowest BCUT2D eigenvalue weighted by molar-refractivity contribution is -0.0183. The molecule has 0 aliphatic carbocycles. The van der Waals surface area contributed by atoms with Crippen LogP contribution >= 0.6 is 12.2 Å². The highest BCUT2D eigenvalue weighted by Crippen LogP contribution is 2.13. The van der Waals surface area contributed by atoms with E-state index < -0.39 is 0 Å². The third-order valence-electron chi connectivity index (χ3n) is 3.12. The minimum absolute atomic E-state index is 0.100. The number of nitrogens with two attached hydrogens (primary N) is 1. The van der Waals surface area contributed by atoms with Gasteiger partial charge in [0.15, 0.2) is 0 Å². The Kier molecular flexibility index (Phi) is 4.47. The van der Waals surface area contributed by atoms with Gasteiger partial charge in [-0.1, -0.05) is 24.4 Å². The van der Waals surface area contributed by atoms with Crippen molar-refractivity contribution in [3.05, 3.63) is 35.4 Å². The lowest BCUT2D eigenvalue weighted by Gasteiger charge is -2.34. The first-order chi connectivity index (χ1) is 9.13. The average Bonchev–Trinajstić information content (AvgIpc) is 2.46. The van der Waals surface area contributed by atoms with Gasteiger partial charge >= 0.3 is 0 Å². The Balaban J connectivity index is 2.16. The molecule has 1 atom stereocenters. The van der Waals surface area contributed by atoms with Gasteiger partial charge in [0.25, 0.3) is 5.91 Å². The summed E-state index contributed by atoms with van der Waals surface area (Å²) in [5.74, 6) is -0.114. The molecule has 1 fully saturated rings. The molecule has 1 saturated heterocycles. The van der Waals surface area contributed by atoms with Gasteiger partial charge < -0.3 is 20.5 Å². The molecular formula is C13H16N2O3S. The van der Waals surface area contributed by atoms with E-state index in [9.17, 15) is 9.90 Å². The minimum atomic E-state index is -0.281. The van der Waals surface area contributed by atoms with E-state index in [1.807, 2.05) is 0 Å². The molecule has 1 aromatic carbocycles. The summed E-state index contributed by atoms with van der Waals surface area (Å²) in [7, 11) is 0. The summed E-state index contributed by atoms with van der Waals surface area (Å²) in [6, 6.07) is 6.56. The fourth-order valence-electron chi connectivity index (χ4n) is 2.02. The topological polar surface area (TPSA) is 75.8 Å². The van der Waals surface area contributed by atoms with Crippen LogP contribution in [0.25, 0.3) is 0 Å². The number of aliphatic hydroxyl groups excluding tert-OH is 1. The summed E-state index contributed by atoms with van der Waals surface area (Å²) >= 11 is 4.87. The van der Waals surface area contributed by atoms with Gasteiger partial charge in [-0.05, 0) is 12.1 Å². The number of nitrogens with zero attached hydrogens (tertiary/aromatic N) is 1. The van der Waals surface area contributed by atoms with E-state index in [2.05, 4.69) is 0 Å². The molecule has 0 bridgehead atoms. The van der Waals surface area contributed by atoms with Crippen molar-refractivity contribution in [1.82, 2.24) is 4.90 Å². The normalized spacial score (nSPS) is 19.2. The molecule has 0 saturated carbocycles. The van der Waals surface area contributed by atoms with Gasteiger partial charge in [-0.25, -0.2) is 0 Å². The zero-order valence-electron chi connectivity index (χ0n) is 10.4. The fraction of sp³-hybridized carbons (Fsp3) is 0.385. The van der Waals surface area contributed by atoms with E-state index in [1.54, 1.807) is 29.2 Å². The number of ether oxygens (including phenoxy) is 1. The van der Waals surface area contributed by atoms with Crippen molar-refractivity contribution in [3.63, 3.8) is 0 Å². The van der Waals surface area contributed by atoms with Crippen LogP contribution in [-0.4, -0.2) is 53.3 Å². The Morgan fingerprint density at radius 2 is 2.05 bits per heavy atom. The Hall–Kier alpha value is -1.50. The van der Waals surface area contributed by atoms with Crippen molar-refractivity contribution in [2.45, 2.75) is 6.04 Å². The molecule has 1 aromatic rings. The Morgan fingerprint density at radius 3 is 2.63 bits per heavy atom. The first-order valence-corrected chi connectivity index (χ1v) is 6.43. The smallest absolute Gasteiger partial charge is 0.254 e. The van der Waals surface area contributed by atoms with Crippen LogP contribution in [0.5, 0.6) is 0 Å². The highest BCUT2D eigenvalue weighted by atomic mass is 32.1. The van der Waals surface area contributed by atoms with Crippen molar-refractivity contribution >= 4 is 23.1 Å². The highest BCUT2D eigenvalue weighted by Gasteiger charge is 2.27. The standard InChI is InChI=1S/C13H16N2O3S/c14-12(19)9-1-3-10(4-2-9)13(17)15-5-6-18-8-11(15)7-16/h1-4,11,16H,5-8H2,(H2,14,19). The number of thiocarbonyl (C=S) groups is 1. The SMILES string of the molecule is NC(=S)c1ccc(C(=O)N2CCOCC2CO)cc1. The second-order valence-corrected chi connectivity index (χ2v) is 4.79. The Bertz CT molecular complexity index is 475. The molecular weight excluding hydrogens is 264 g/mol. The van der Waals surface area contributed by atoms with Gasteiger partial charge in [0.2, 0.25) is 0 Å². The van der Waals surface area contributed by atoms with Crippen LogP contribution in [0.2, 0.25) is 0 Å². The van der Waals surface area contributed by atoms with Gasteiger partial charge in [0.05, 0.1) is 25.9 Å². The number of benzene rings is 1. The number of carbonyl (C=O) groups excluding carboxylic acids is 1. The lowest BCUT2D eigenvalue weighted by atomic mass is 10.1. The monoisotopic (exact) mass is 280 g/mol. The van der Waals surface area contributed by atoms with Crippen LogP contribution in [0.1, 0.15) is 15.9 Å². The molecule has 2 rings (SSSR count). The summed E-state index contributed by atoms with van der Waals surface area (Å²) in [5.41, 5.74) is 6.80. The van der Waals surface area contributed by atoms with Gasteiger partial charge in [-0.15, -0.1) is 0 Å². The van der Waals surface area contributed by atoms with E-state index >= 15 is 0 Å². The first-order valence-electron chi connectivity index (χ1n) is 6.03. The molecule has 6 heteroatoms. The molecule has 1 heterocycles. The average molecular weight is 280 g/mol. The molecule has 0 spiro atoms. The summed E-state index contributed by atoms with van der Waals surface area (Å²) in [5, 5.41) is 9.27. The van der Waals surface area contributed by atoms with E-state index in [0.29, 0.717) is 30.3 Å². The number of carbonyl (C=O) groups is 1. The Morgan fingerprint density at radius 1 is 1.42 bits per heavy atom. The number of hydrogen-bond acceptors (Lipinski definition) is 4. The molecule has 0 aromatic heterocycles. The van der Waals surface area contributed by atoms with Crippen molar-refractivity contribution < 1.29 is 14.6 Å². The number of rotatable bonds is 3. The molecule has 3 N–H and O–H groups in total. The quantitative estimate of drug-likeness (QED) is 0.771. The maximum Gasteiger partial charge on any atom is 0.254 e. The molecule has 0 radical (unpaired) electrons. The van der Waals surface area contributed by atoms with Crippen molar-refractivity contribution in [1.29, 1.82) is 0 Å². The van der Waals surface area contributed by atoms with E-state index in [4.69, 9.17) is 22.7 Å². The minimum Gasteiger partial charge on any atom is -0.394 e. The number of aliphatic hydroxyl groups is 1. The predicted octanol–water partition coefficient (Wildman–Crippen LogP) is 0.154. The zero-order valence-corrected chi connectivity index (χ0v) is 11.2. The van der Waals surface area contributed by atoms with Gasteiger partial charge in [-0.2, -0.15) is 0 Å². The predicted molar refractivity (Wildman–Crippen MR) is 75.1 cm³/mol. The largest absolute Gasteiger partial charge is 0.394 e. The molecule has 1 aliphatic rings. The molecule has 1 amide bonds. The van der Waals surface area contributed by atoms with Gasteiger partial charge in [-0.3, -0.25) is 4.79 Å². The summed E-state index contributed by atoms with van der Waals surface area (Å²) < 4.78 is 5.25. The van der Waals surface area contributed by atoms with Gasteiger partial charge in [0.1, 0.15) is 4.99 Å². The van der Waals surface area contributed by atoms with Crippen LogP contribution in [0, 0.1) is 0 Å². The fourth-order valence-corrected chi connectivity index (χ4v) is 2.15. The molecule has 102 valence electrons. The lowest BCUT2D eigenvalue weighted by Crippen LogP contribution is -2.50. The summed E-state index contributed by atoms with van der Waals surface area (Å²) in [4.78, 5) is 14.3. The third kappa shape index (κ3) is 3.09. The van der Waals surface area contributed by atoms with Crippen LogP contribution in [0.3, 0.4) is 0 Å².